The van der Waals surface area contributed by atoms with E-state index in [9.17, 15) is 9.59 Å². The zero-order valence-electron chi connectivity index (χ0n) is 16.3. The van der Waals surface area contributed by atoms with Crippen LogP contribution in [0.3, 0.4) is 0 Å². The van der Waals surface area contributed by atoms with Gasteiger partial charge in [0, 0.05) is 0 Å². The van der Waals surface area contributed by atoms with Gasteiger partial charge in [-0.15, -0.1) is 0 Å². The second kappa shape index (κ2) is 9.55. The lowest BCUT2D eigenvalue weighted by molar-refractivity contribution is -0.145. The Morgan fingerprint density at radius 2 is 1.31 bits per heavy atom. The highest BCUT2D eigenvalue weighted by Gasteiger charge is 2.34. The molecule has 5 heteroatoms. The van der Waals surface area contributed by atoms with Crippen molar-refractivity contribution >= 4 is 11.8 Å². The molecule has 0 aliphatic carbocycles. The number of ether oxygens (including phenoxy) is 3. The number of esters is 1. The number of methoxy groups -OCH3 is 2. The van der Waals surface area contributed by atoms with Crippen LogP contribution in [-0.4, -0.2) is 26.0 Å². The smallest absolute Gasteiger partial charge is 0.321 e. The zero-order valence-corrected chi connectivity index (χ0v) is 16.3. The van der Waals surface area contributed by atoms with Crippen molar-refractivity contribution in [3.8, 4) is 11.5 Å². The molecule has 0 radical (unpaired) electrons. The first kappa shape index (κ1) is 20.1. The lowest BCUT2D eigenvalue weighted by atomic mass is 9.89. The van der Waals surface area contributed by atoms with Crippen LogP contribution in [0.4, 0.5) is 0 Å². The Kier molecular flexibility index (Phi) is 6.63. The molecule has 5 nitrogen and oxygen atoms in total. The molecule has 0 bridgehead atoms. The van der Waals surface area contributed by atoms with Crippen LogP contribution in [0.15, 0.2) is 78.9 Å². The van der Waals surface area contributed by atoms with Crippen LogP contribution in [0.2, 0.25) is 0 Å². The van der Waals surface area contributed by atoms with Gasteiger partial charge in [-0.05, 0) is 23.3 Å². The van der Waals surface area contributed by atoms with Crippen LogP contribution >= 0.6 is 0 Å². The summed E-state index contributed by atoms with van der Waals surface area (Å²) in [7, 11) is 2.94. The molecule has 0 spiro atoms. The monoisotopic (exact) mass is 390 g/mol. The Morgan fingerprint density at radius 1 is 0.759 bits per heavy atom. The molecule has 0 fully saturated rings. The lowest BCUT2D eigenvalue weighted by Gasteiger charge is -2.19. The summed E-state index contributed by atoms with van der Waals surface area (Å²) in [6.45, 7) is 0.0827. The normalized spacial score (nSPS) is 11.4. The maximum atomic E-state index is 13.5. The van der Waals surface area contributed by atoms with Gasteiger partial charge in [-0.3, -0.25) is 9.59 Å². The highest BCUT2D eigenvalue weighted by molar-refractivity contribution is 6.15. The third-order valence-electron chi connectivity index (χ3n) is 4.53. The zero-order chi connectivity index (χ0) is 20.6. The van der Waals surface area contributed by atoms with Crippen LogP contribution in [0.5, 0.6) is 11.5 Å². The topological polar surface area (TPSA) is 61.8 Å². The van der Waals surface area contributed by atoms with E-state index in [1.165, 1.54) is 14.2 Å². The van der Waals surface area contributed by atoms with Gasteiger partial charge in [-0.25, -0.2) is 0 Å². The molecule has 1 atom stereocenters. The van der Waals surface area contributed by atoms with Gasteiger partial charge in [0.15, 0.2) is 5.78 Å². The Morgan fingerprint density at radius 3 is 1.86 bits per heavy atom. The van der Waals surface area contributed by atoms with Crippen LogP contribution < -0.4 is 9.47 Å². The fraction of sp³-hybridized carbons (Fsp3) is 0.167. The molecule has 3 aromatic carbocycles. The average Bonchev–Trinajstić information content (AvgIpc) is 2.78. The maximum absolute atomic E-state index is 13.5. The van der Waals surface area contributed by atoms with E-state index in [4.69, 9.17) is 14.2 Å². The SMILES string of the molecule is COc1cccc(OC)c1C(=O)C(C(=O)OCc1ccccc1)c1ccccc1. The van der Waals surface area contributed by atoms with Gasteiger partial charge in [0.05, 0.1) is 14.2 Å². The predicted octanol–water partition coefficient (Wildman–Crippen LogP) is 4.41. The molecule has 0 amide bonds. The van der Waals surface area contributed by atoms with Crippen LogP contribution in [-0.2, 0) is 16.1 Å². The predicted molar refractivity (Wildman–Crippen MR) is 109 cm³/mol. The quantitative estimate of drug-likeness (QED) is 0.324. The summed E-state index contributed by atoms with van der Waals surface area (Å²) in [4.78, 5) is 26.5. The third kappa shape index (κ3) is 4.63. The lowest BCUT2D eigenvalue weighted by Crippen LogP contribution is -2.25. The molecule has 148 valence electrons. The Hall–Kier alpha value is -3.60. The first-order valence-corrected chi connectivity index (χ1v) is 9.16. The maximum Gasteiger partial charge on any atom is 0.321 e. The van der Waals surface area contributed by atoms with Crippen LogP contribution in [0.1, 0.15) is 27.4 Å². The fourth-order valence-electron chi connectivity index (χ4n) is 3.09. The van der Waals surface area contributed by atoms with E-state index in [2.05, 4.69) is 0 Å². The van der Waals surface area contributed by atoms with E-state index in [1.807, 2.05) is 36.4 Å². The van der Waals surface area contributed by atoms with E-state index in [0.717, 1.165) is 5.56 Å². The van der Waals surface area contributed by atoms with Crippen molar-refractivity contribution < 1.29 is 23.8 Å². The van der Waals surface area contributed by atoms with E-state index in [0.29, 0.717) is 17.1 Å². The highest BCUT2D eigenvalue weighted by atomic mass is 16.5. The summed E-state index contributed by atoms with van der Waals surface area (Å²) in [5.74, 6) is -1.52. The van der Waals surface area contributed by atoms with Gasteiger partial charge in [0.2, 0.25) is 0 Å². The van der Waals surface area contributed by atoms with Gasteiger partial charge >= 0.3 is 5.97 Å². The molecule has 0 N–H and O–H groups in total. The summed E-state index contributed by atoms with van der Waals surface area (Å²) in [6, 6.07) is 23.2. The molecule has 0 saturated carbocycles. The molecule has 0 aromatic heterocycles. The molecule has 3 aromatic rings. The highest BCUT2D eigenvalue weighted by Crippen LogP contribution is 2.34. The second-order valence-corrected chi connectivity index (χ2v) is 6.34. The Bertz CT molecular complexity index is 945. The van der Waals surface area contributed by atoms with E-state index in [-0.39, 0.29) is 12.2 Å². The van der Waals surface area contributed by atoms with Crippen molar-refractivity contribution in [3.63, 3.8) is 0 Å². The molecule has 0 saturated heterocycles. The van der Waals surface area contributed by atoms with Gasteiger partial charge in [0.25, 0.3) is 0 Å². The van der Waals surface area contributed by atoms with Crippen molar-refractivity contribution in [2.75, 3.05) is 14.2 Å². The number of hydrogen-bond donors (Lipinski definition) is 0. The minimum absolute atomic E-state index is 0.0827. The minimum Gasteiger partial charge on any atom is -0.496 e. The molecule has 29 heavy (non-hydrogen) atoms. The summed E-state index contributed by atoms with van der Waals surface area (Å²) in [5.41, 5.74) is 1.60. The van der Waals surface area contributed by atoms with Crippen molar-refractivity contribution in [3.05, 3.63) is 95.6 Å². The standard InChI is InChI=1S/C24H22O5/c1-27-19-14-9-15-20(28-2)22(19)23(25)21(18-12-7-4-8-13-18)24(26)29-16-17-10-5-3-6-11-17/h3-15,21H,16H2,1-2H3. The molecule has 0 aliphatic rings. The molecular weight excluding hydrogens is 368 g/mol. The number of carbonyl (C=O) groups is 2. The number of ketones is 1. The molecule has 1 unspecified atom stereocenters. The Balaban J connectivity index is 1.96. The first-order valence-electron chi connectivity index (χ1n) is 9.16. The number of carbonyl (C=O) groups excluding carboxylic acids is 2. The van der Waals surface area contributed by atoms with Gasteiger partial charge < -0.3 is 14.2 Å². The second-order valence-electron chi connectivity index (χ2n) is 6.34. The van der Waals surface area contributed by atoms with Gasteiger partial charge in [-0.1, -0.05) is 66.7 Å². The number of Topliss-reactive ketones (excluding diaryl/α,β-unsaturated/α-hetero) is 1. The van der Waals surface area contributed by atoms with E-state index < -0.39 is 17.7 Å². The summed E-state index contributed by atoms with van der Waals surface area (Å²) >= 11 is 0. The summed E-state index contributed by atoms with van der Waals surface area (Å²) < 4.78 is 16.2. The Labute approximate surface area is 169 Å². The summed E-state index contributed by atoms with van der Waals surface area (Å²) in [6.07, 6.45) is 0. The number of hydrogen-bond acceptors (Lipinski definition) is 5. The summed E-state index contributed by atoms with van der Waals surface area (Å²) in [5, 5.41) is 0. The van der Waals surface area contributed by atoms with E-state index >= 15 is 0 Å². The van der Waals surface area contributed by atoms with Crippen molar-refractivity contribution in [2.45, 2.75) is 12.5 Å². The van der Waals surface area contributed by atoms with Gasteiger partial charge in [0.1, 0.15) is 29.6 Å². The molecular formula is C24H22O5. The molecule has 0 heterocycles. The average molecular weight is 390 g/mol. The number of benzene rings is 3. The fourth-order valence-corrected chi connectivity index (χ4v) is 3.09. The van der Waals surface area contributed by atoms with Crippen molar-refractivity contribution in [1.82, 2.24) is 0 Å². The van der Waals surface area contributed by atoms with Crippen molar-refractivity contribution in [1.29, 1.82) is 0 Å². The van der Waals surface area contributed by atoms with Crippen molar-refractivity contribution in [2.24, 2.45) is 0 Å². The van der Waals surface area contributed by atoms with E-state index in [1.54, 1.807) is 42.5 Å². The van der Waals surface area contributed by atoms with Crippen LogP contribution in [0.25, 0.3) is 0 Å². The molecule has 3 rings (SSSR count). The largest absolute Gasteiger partial charge is 0.496 e. The first-order chi connectivity index (χ1) is 14.2. The third-order valence-corrected chi connectivity index (χ3v) is 4.53. The minimum atomic E-state index is -1.13. The molecule has 0 aliphatic heterocycles. The van der Waals surface area contributed by atoms with Crippen LogP contribution in [0, 0.1) is 0 Å². The number of rotatable bonds is 8. The van der Waals surface area contributed by atoms with Gasteiger partial charge in [-0.2, -0.15) is 0 Å².